The van der Waals surface area contributed by atoms with E-state index in [4.69, 9.17) is 5.73 Å². The summed E-state index contributed by atoms with van der Waals surface area (Å²) >= 11 is 0. The minimum Gasteiger partial charge on any atom is -0.399 e. The third-order valence-electron chi connectivity index (χ3n) is 2.25. The lowest BCUT2D eigenvalue weighted by Gasteiger charge is -2.09. The van der Waals surface area contributed by atoms with Gasteiger partial charge >= 0.3 is 0 Å². The number of H-pyrrole nitrogens is 1. The Hall–Kier alpha value is -2.02. The molecule has 0 atom stereocenters. The quantitative estimate of drug-likeness (QED) is 0.712. The summed E-state index contributed by atoms with van der Waals surface area (Å²) in [6.45, 7) is 1.71. The van der Waals surface area contributed by atoms with Gasteiger partial charge in [-0.05, 0) is 24.6 Å². The molecule has 1 aromatic heterocycles. The van der Waals surface area contributed by atoms with Crippen LogP contribution in [0.2, 0.25) is 0 Å². The van der Waals surface area contributed by atoms with Gasteiger partial charge in [0.05, 0.1) is 16.8 Å². The number of nitrogen functional groups attached to an aromatic ring is 1. The van der Waals surface area contributed by atoms with Gasteiger partial charge in [0.2, 0.25) is 0 Å². The molecule has 0 saturated carbocycles. The lowest BCUT2D eigenvalue weighted by molar-refractivity contribution is 0.600. The van der Waals surface area contributed by atoms with E-state index in [-0.39, 0.29) is 4.90 Å². The lowest BCUT2D eigenvalue weighted by atomic mass is 10.2. The highest BCUT2D eigenvalue weighted by Crippen LogP contribution is 2.20. The number of aromatic nitrogens is 2. The van der Waals surface area contributed by atoms with Crippen molar-refractivity contribution in [3.05, 3.63) is 36.2 Å². The Morgan fingerprint density at radius 1 is 1.41 bits per heavy atom. The van der Waals surface area contributed by atoms with Crippen LogP contribution in [-0.2, 0) is 10.0 Å². The van der Waals surface area contributed by atoms with Gasteiger partial charge in [0.25, 0.3) is 10.0 Å². The highest BCUT2D eigenvalue weighted by Gasteiger charge is 2.17. The average Bonchev–Trinajstić information content (AvgIpc) is 2.73. The number of anilines is 2. The van der Waals surface area contributed by atoms with Gasteiger partial charge in [0, 0.05) is 11.9 Å². The van der Waals surface area contributed by atoms with Crippen LogP contribution in [0.3, 0.4) is 0 Å². The van der Waals surface area contributed by atoms with E-state index in [2.05, 4.69) is 14.9 Å². The summed E-state index contributed by atoms with van der Waals surface area (Å²) in [5.41, 5.74) is 7.01. The van der Waals surface area contributed by atoms with Crippen LogP contribution < -0.4 is 10.5 Å². The van der Waals surface area contributed by atoms with Crippen LogP contribution in [0.5, 0.6) is 0 Å². The molecule has 2 rings (SSSR count). The SMILES string of the molecule is Cc1ccc(N)cc1S(=O)(=O)Nc1cn[nH]c1. The molecular formula is C10H12N4O2S. The van der Waals surface area contributed by atoms with Crippen molar-refractivity contribution < 1.29 is 8.42 Å². The maximum absolute atomic E-state index is 12.1. The molecule has 0 fully saturated rings. The Morgan fingerprint density at radius 2 is 2.18 bits per heavy atom. The molecule has 7 heteroatoms. The summed E-state index contributed by atoms with van der Waals surface area (Å²) in [5.74, 6) is 0. The van der Waals surface area contributed by atoms with Crippen LogP contribution in [0, 0.1) is 6.92 Å². The molecule has 0 saturated heterocycles. The number of hydrogen-bond donors (Lipinski definition) is 3. The molecule has 4 N–H and O–H groups in total. The zero-order valence-corrected chi connectivity index (χ0v) is 9.95. The highest BCUT2D eigenvalue weighted by atomic mass is 32.2. The number of nitrogens with two attached hydrogens (primary N) is 1. The molecular weight excluding hydrogens is 240 g/mol. The second kappa shape index (κ2) is 4.10. The predicted molar refractivity (Wildman–Crippen MR) is 65.0 cm³/mol. The van der Waals surface area contributed by atoms with Gasteiger partial charge in [-0.2, -0.15) is 5.10 Å². The van der Waals surface area contributed by atoms with Crippen molar-refractivity contribution in [3.8, 4) is 0 Å². The van der Waals surface area contributed by atoms with E-state index >= 15 is 0 Å². The minimum atomic E-state index is -3.63. The van der Waals surface area contributed by atoms with Crippen LogP contribution >= 0.6 is 0 Å². The number of benzene rings is 1. The van der Waals surface area contributed by atoms with Gasteiger partial charge in [0.1, 0.15) is 0 Å². The number of hydrogen-bond acceptors (Lipinski definition) is 4. The normalized spacial score (nSPS) is 11.4. The van der Waals surface area contributed by atoms with Crippen molar-refractivity contribution in [1.29, 1.82) is 0 Å². The Labute approximate surface area is 98.9 Å². The van der Waals surface area contributed by atoms with Crippen molar-refractivity contribution in [2.24, 2.45) is 0 Å². The van der Waals surface area contributed by atoms with Crippen molar-refractivity contribution >= 4 is 21.4 Å². The lowest BCUT2D eigenvalue weighted by Crippen LogP contribution is -2.14. The van der Waals surface area contributed by atoms with Gasteiger partial charge in [-0.3, -0.25) is 9.82 Å². The first-order chi connectivity index (χ1) is 7.99. The Bertz CT molecular complexity index is 620. The fraction of sp³-hybridized carbons (Fsp3) is 0.100. The largest absolute Gasteiger partial charge is 0.399 e. The van der Waals surface area contributed by atoms with E-state index in [0.717, 1.165) is 0 Å². The van der Waals surface area contributed by atoms with E-state index in [0.29, 0.717) is 16.9 Å². The Kier molecular flexibility index (Phi) is 2.76. The molecule has 0 bridgehead atoms. The number of sulfonamides is 1. The minimum absolute atomic E-state index is 0.165. The maximum Gasteiger partial charge on any atom is 0.262 e. The zero-order chi connectivity index (χ0) is 12.5. The van der Waals surface area contributed by atoms with E-state index in [9.17, 15) is 8.42 Å². The molecule has 0 aliphatic heterocycles. The number of aryl methyl sites for hydroxylation is 1. The van der Waals surface area contributed by atoms with Crippen molar-refractivity contribution in [2.45, 2.75) is 11.8 Å². The van der Waals surface area contributed by atoms with E-state index < -0.39 is 10.0 Å². The summed E-state index contributed by atoms with van der Waals surface area (Å²) < 4.78 is 26.5. The van der Waals surface area contributed by atoms with E-state index in [1.165, 1.54) is 18.5 Å². The standard InChI is InChI=1S/C10H12N4O2S/c1-7-2-3-8(11)4-10(7)17(15,16)14-9-5-12-13-6-9/h2-6,14H,11H2,1H3,(H,12,13). The Balaban J connectivity index is 2.41. The molecule has 17 heavy (non-hydrogen) atoms. The first-order valence-electron chi connectivity index (χ1n) is 4.87. The molecule has 0 aliphatic carbocycles. The molecule has 0 unspecified atom stereocenters. The van der Waals surface area contributed by atoms with Gasteiger partial charge < -0.3 is 5.73 Å². The second-order valence-electron chi connectivity index (χ2n) is 3.62. The van der Waals surface area contributed by atoms with Crippen LogP contribution in [-0.4, -0.2) is 18.6 Å². The molecule has 90 valence electrons. The third kappa shape index (κ3) is 2.39. The smallest absolute Gasteiger partial charge is 0.262 e. The van der Waals surface area contributed by atoms with Gasteiger partial charge in [-0.25, -0.2) is 8.42 Å². The third-order valence-corrected chi connectivity index (χ3v) is 3.78. The molecule has 0 spiro atoms. The zero-order valence-electron chi connectivity index (χ0n) is 9.14. The number of rotatable bonds is 3. The fourth-order valence-corrected chi connectivity index (χ4v) is 2.74. The highest BCUT2D eigenvalue weighted by molar-refractivity contribution is 7.92. The number of nitrogens with one attached hydrogen (secondary N) is 2. The van der Waals surface area contributed by atoms with Crippen LogP contribution in [0.15, 0.2) is 35.5 Å². The monoisotopic (exact) mass is 252 g/mol. The van der Waals surface area contributed by atoms with Crippen molar-refractivity contribution in [3.63, 3.8) is 0 Å². The molecule has 0 aliphatic rings. The van der Waals surface area contributed by atoms with Crippen molar-refractivity contribution in [2.75, 3.05) is 10.5 Å². The maximum atomic E-state index is 12.1. The summed E-state index contributed by atoms with van der Waals surface area (Å²) in [4.78, 5) is 0.165. The topological polar surface area (TPSA) is 101 Å². The molecule has 1 aromatic carbocycles. The summed E-state index contributed by atoms with van der Waals surface area (Å²) in [5, 5.41) is 6.19. The Morgan fingerprint density at radius 3 is 2.82 bits per heavy atom. The summed E-state index contributed by atoms with van der Waals surface area (Å²) in [6, 6.07) is 4.75. The van der Waals surface area contributed by atoms with Crippen molar-refractivity contribution in [1.82, 2.24) is 10.2 Å². The fourth-order valence-electron chi connectivity index (χ4n) is 1.42. The molecule has 1 heterocycles. The molecule has 2 aromatic rings. The molecule has 6 nitrogen and oxygen atoms in total. The van der Waals surface area contributed by atoms with Gasteiger partial charge in [0.15, 0.2) is 0 Å². The van der Waals surface area contributed by atoms with Crippen LogP contribution in [0.1, 0.15) is 5.56 Å². The van der Waals surface area contributed by atoms with E-state index in [1.807, 2.05) is 0 Å². The number of aromatic amines is 1. The first kappa shape index (κ1) is 11.5. The average molecular weight is 252 g/mol. The molecule has 0 amide bonds. The molecule has 0 radical (unpaired) electrons. The number of nitrogens with zero attached hydrogens (tertiary/aromatic N) is 1. The summed E-state index contributed by atoms with van der Waals surface area (Å²) in [7, 11) is -3.63. The van der Waals surface area contributed by atoms with E-state index in [1.54, 1.807) is 19.1 Å². The first-order valence-corrected chi connectivity index (χ1v) is 6.35. The second-order valence-corrected chi connectivity index (χ2v) is 5.27. The van der Waals surface area contributed by atoms with Gasteiger partial charge in [-0.1, -0.05) is 6.07 Å². The van der Waals surface area contributed by atoms with Crippen LogP contribution in [0.25, 0.3) is 0 Å². The van der Waals surface area contributed by atoms with Crippen LogP contribution in [0.4, 0.5) is 11.4 Å². The predicted octanol–water partition coefficient (Wildman–Crippen LogP) is 1.10. The summed E-state index contributed by atoms with van der Waals surface area (Å²) in [6.07, 6.45) is 2.85. The van der Waals surface area contributed by atoms with Gasteiger partial charge in [-0.15, -0.1) is 0 Å².